The van der Waals surface area contributed by atoms with E-state index in [4.69, 9.17) is 4.74 Å². The minimum atomic E-state index is -0.409. The third-order valence-electron chi connectivity index (χ3n) is 5.48. The maximum Gasteiger partial charge on any atom is 0.255 e. The summed E-state index contributed by atoms with van der Waals surface area (Å²) in [7, 11) is 0. The predicted molar refractivity (Wildman–Crippen MR) is 128 cm³/mol. The van der Waals surface area contributed by atoms with Crippen LogP contribution in [-0.2, 0) is 0 Å². The Morgan fingerprint density at radius 1 is 0.848 bits per heavy atom. The molecule has 0 atom stereocenters. The van der Waals surface area contributed by atoms with E-state index in [2.05, 4.69) is 10.6 Å². The molecule has 7 heteroatoms. The largest absolute Gasteiger partial charge is 0.494 e. The first-order valence-corrected chi connectivity index (χ1v) is 11.0. The molecule has 4 rings (SSSR count). The highest BCUT2D eigenvalue weighted by Crippen LogP contribution is 2.25. The fraction of sp³-hybridized carbons (Fsp3) is 0.231. The summed E-state index contributed by atoms with van der Waals surface area (Å²) >= 11 is 0. The van der Waals surface area contributed by atoms with Gasteiger partial charge in [0.25, 0.3) is 11.8 Å². The predicted octanol–water partition coefficient (Wildman–Crippen LogP) is 5.33. The summed E-state index contributed by atoms with van der Waals surface area (Å²) in [6.07, 6.45) is 2.10. The summed E-state index contributed by atoms with van der Waals surface area (Å²) in [6, 6.07) is 18.2. The van der Waals surface area contributed by atoms with E-state index in [1.165, 1.54) is 6.07 Å². The smallest absolute Gasteiger partial charge is 0.255 e. The number of nitrogens with one attached hydrogen (secondary N) is 2. The molecule has 33 heavy (non-hydrogen) atoms. The van der Waals surface area contributed by atoms with E-state index in [-0.39, 0.29) is 11.5 Å². The van der Waals surface area contributed by atoms with Gasteiger partial charge in [0.05, 0.1) is 12.3 Å². The number of ether oxygens (including phenoxy) is 1. The van der Waals surface area contributed by atoms with Crippen LogP contribution >= 0.6 is 0 Å². The molecule has 0 unspecified atom stereocenters. The standard InChI is InChI=1S/C26H26FN3O3/c1-2-33-22-12-10-21(11-13-22)28-25(31)18-5-8-20(9-6-18)29-26(32)19-7-14-24(23(27)17-19)30-15-3-4-16-30/h5-14,17H,2-4,15-16H2,1H3,(H,28,31)(H,29,32). The van der Waals surface area contributed by atoms with Gasteiger partial charge in [0, 0.05) is 35.6 Å². The molecule has 1 aliphatic heterocycles. The van der Waals surface area contributed by atoms with Crippen molar-refractivity contribution in [1.29, 1.82) is 0 Å². The Labute approximate surface area is 192 Å². The number of rotatable bonds is 7. The number of hydrogen-bond donors (Lipinski definition) is 2. The zero-order chi connectivity index (χ0) is 23.2. The quantitative estimate of drug-likeness (QED) is 0.514. The van der Waals surface area contributed by atoms with Gasteiger partial charge in [-0.15, -0.1) is 0 Å². The Morgan fingerprint density at radius 2 is 1.39 bits per heavy atom. The topological polar surface area (TPSA) is 70.7 Å². The van der Waals surface area contributed by atoms with Crippen molar-refractivity contribution < 1.29 is 18.7 Å². The van der Waals surface area contributed by atoms with E-state index in [1.54, 1.807) is 60.7 Å². The number of carbonyl (C=O) groups is 2. The van der Waals surface area contributed by atoms with Crippen molar-refractivity contribution in [2.45, 2.75) is 19.8 Å². The van der Waals surface area contributed by atoms with E-state index in [9.17, 15) is 14.0 Å². The summed E-state index contributed by atoms with van der Waals surface area (Å²) in [5, 5.41) is 5.56. The molecule has 2 amide bonds. The van der Waals surface area contributed by atoms with E-state index in [1.807, 2.05) is 11.8 Å². The monoisotopic (exact) mass is 447 g/mol. The second-order valence-electron chi connectivity index (χ2n) is 7.80. The van der Waals surface area contributed by atoms with Crippen molar-refractivity contribution in [1.82, 2.24) is 0 Å². The molecule has 3 aromatic carbocycles. The molecule has 1 heterocycles. The van der Waals surface area contributed by atoms with Gasteiger partial charge in [0.15, 0.2) is 0 Å². The SMILES string of the molecule is CCOc1ccc(NC(=O)c2ccc(NC(=O)c3ccc(N4CCCC4)c(F)c3)cc2)cc1. The molecule has 2 N–H and O–H groups in total. The lowest BCUT2D eigenvalue weighted by Crippen LogP contribution is -2.20. The van der Waals surface area contributed by atoms with Crippen molar-refractivity contribution in [2.24, 2.45) is 0 Å². The minimum absolute atomic E-state index is 0.243. The molecule has 0 spiro atoms. The van der Waals surface area contributed by atoms with E-state index >= 15 is 0 Å². The van der Waals surface area contributed by atoms with Crippen molar-refractivity contribution in [3.8, 4) is 5.75 Å². The van der Waals surface area contributed by atoms with Crippen LogP contribution in [0.2, 0.25) is 0 Å². The van der Waals surface area contributed by atoms with Gasteiger partial charge in [-0.1, -0.05) is 0 Å². The molecule has 1 saturated heterocycles. The van der Waals surface area contributed by atoms with Crippen molar-refractivity contribution >= 4 is 28.9 Å². The van der Waals surface area contributed by atoms with Crippen LogP contribution in [0.25, 0.3) is 0 Å². The molecule has 6 nitrogen and oxygen atoms in total. The van der Waals surface area contributed by atoms with Gasteiger partial charge in [-0.3, -0.25) is 9.59 Å². The Balaban J connectivity index is 1.36. The van der Waals surface area contributed by atoms with Crippen LogP contribution in [-0.4, -0.2) is 31.5 Å². The summed E-state index contributed by atoms with van der Waals surface area (Å²) < 4.78 is 19.9. The summed E-state index contributed by atoms with van der Waals surface area (Å²) in [6.45, 7) is 4.15. The Hall–Kier alpha value is -3.87. The number of amides is 2. The molecular weight excluding hydrogens is 421 g/mol. The fourth-order valence-corrected chi connectivity index (χ4v) is 3.78. The molecule has 0 saturated carbocycles. The molecule has 1 aliphatic rings. The highest BCUT2D eigenvalue weighted by atomic mass is 19.1. The van der Waals surface area contributed by atoms with Gasteiger partial charge >= 0.3 is 0 Å². The van der Waals surface area contributed by atoms with Crippen LogP contribution in [0.1, 0.15) is 40.5 Å². The fourth-order valence-electron chi connectivity index (χ4n) is 3.78. The third-order valence-corrected chi connectivity index (χ3v) is 5.48. The molecule has 170 valence electrons. The second kappa shape index (κ2) is 10.2. The van der Waals surface area contributed by atoms with Crippen LogP contribution in [0.4, 0.5) is 21.5 Å². The van der Waals surface area contributed by atoms with Gasteiger partial charge in [-0.05, 0) is 86.5 Å². The van der Waals surface area contributed by atoms with Crippen LogP contribution in [0.5, 0.6) is 5.75 Å². The molecule has 1 fully saturated rings. The molecule has 0 aromatic heterocycles. The van der Waals surface area contributed by atoms with E-state index in [0.29, 0.717) is 29.2 Å². The summed E-state index contributed by atoms with van der Waals surface area (Å²) in [5.41, 5.74) is 2.39. The summed E-state index contributed by atoms with van der Waals surface area (Å²) in [5.74, 6) is -0.336. The molecule has 0 radical (unpaired) electrons. The first-order chi connectivity index (χ1) is 16.0. The van der Waals surface area contributed by atoms with Crippen LogP contribution in [0.3, 0.4) is 0 Å². The highest BCUT2D eigenvalue weighted by molar-refractivity contribution is 6.06. The lowest BCUT2D eigenvalue weighted by Gasteiger charge is -2.18. The molecule has 3 aromatic rings. The Morgan fingerprint density at radius 3 is 1.97 bits per heavy atom. The van der Waals surface area contributed by atoms with Crippen molar-refractivity contribution in [3.63, 3.8) is 0 Å². The summed E-state index contributed by atoms with van der Waals surface area (Å²) in [4.78, 5) is 27.0. The van der Waals surface area contributed by atoms with E-state index < -0.39 is 11.7 Å². The average Bonchev–Trinajstić information content (AvgIpc) is 3.35. The lowest BCUT2D eigenvalue weighted by molar-refractivity contribution is 0.101. The number of benzene rings is 3. The van der Waals surface area contributed by atoms with E-state index in [0.717, 1.165) is 31.7 Å². The molecule has 0 aliphatic carbocycles. The first kappa shape index (κ1) is 22.3. The lowest BCUT2D eigenvalue weighted by atomic mass is 10.1. The number of halogens is 1. The zero-order valence-electron chi connectivity index (χ0n) is 18.4. The third kappa shape index (κ3) is 5.49. The first-order valence-electron chi connectivity index (χ1n) is 11.0. The van der Waals surface area contributed by atoms with Gasteiger partial charge < -0.3 is 20.3 Å². The van der Waals surface area contributed by atoms with Crippen molar-refractivity contribution in [2.75, 3.05) is 35.2 Å². The number of nitrogens with zero attached hydrogens (tertiary/aromatic N) is 1. The van der Waals surface area contributed by atoms with Crippen LogP contribution < -0.4 is 20.3 Å². The van der Waals surface area contributed by atoms with Crippen molar-refractivity contribution in [3.05, 3.63) is 83.7 Å². The van der Waals surface area contributed by atoms with Gasteiger partial charge in [-0.25, -0.2) is 4.39 Å². The number of carbonyl (C=O) groups excluding carboxylic acids is 2. The molecular formula is C26H26FN3O3. The average molecular weight is 448 g/mol. The second-order valence-corrected chi connectivity index (χ2v) is 7.80. The maximum atomic E-state index is 14.5. The maximum absolute atomic E-state index is 14.5. The Kier molecular flexibility index (Phi) is 6.88. The van der Waals surface area contributed by atoms with Crippen LogP contribution in [0.15, 0.2) is 66.7 Å². The van der Waals surface area contributed by atoms with Gasteiger partial charge in [-0.2, -0.15) is 0 Å². The Bertz CT molecular complexity index is 1120. The highest BCUT2D eigenvalue weighted by Gasteiger charge is 2.18. The number of hydrogen-bond acceptors (Lipinski definition) is 4. The zero-order valence-corrected chi connectivity index (χ0v) is 18.4. The van der Waals surface area contributed by atoms with Gasteiger partial charge in [0.2, 0.25) is 0 Å². The minimum Gasteiger partial charge on any atom is -0.494 e. The normalized spacial score (nSPS) is 13.0. The molecule has 0 bridgehead atoms. The number of anilines is 3. The van der Waals surface area contributed by atoms with Crippen LogP contribution in [0, 0.1) is 5.82 Å². The van der Waals surface area contributed by atoms with Gasteiger partial charge in [0.1, 0.15) is 11.6 Å².